The van der Waals surface area contributed by atoms with Gasteiger partial charge in [-0.3, -0.25) is 10.0 Å². The number of unbranched alkanes of at least 4 members (excludes halogenated alkanes) is 2. The van der Waals surface area contributed by atoms with E-state index in [0.717, 1.165) is 58.3 Å². The van der Waals surface area contributed by atoms with Gasteiger partial charge in [-0.05, 0) is 75.7 Å². The van der Waals surface area contributed by atoms with Crippen LogP contribution >= 0.6 is 0 Å². The predicted octanol–water partition coefficient (Wildman–Crippen LogP) is 3.70. The Morgan fingerprint density at radius 1 is 0.893 bits per heavy atom. The topological polar surface area (TPSA) is 55.8 Å². The number of hydrogen-bond acceptors (Lipinski definition) is 4. The van der Waals surface area contributed by atoms with Gasteiger partial charge in [0.2, 0.25) is 5.91 Å². The molecule has 28 heavy (non-hydrogen) atoms. The molecule has 0 unspecified atom stereocenters. The van der Waals surface area contributed by atoms with E-state index in [-0.39, 0.29) is 5.91 Å². The van der Waals surface area contributed by atoms with E-state index in [1.54, 1.807) is 5.48 Å². The van der Waals surface area contributed by atoms with E-state index in [4.69, 9.17) is 5.21 Å². The quantitative estimate of drug-likeness (QED) is 0.314. The number of benzene rings is 2. The van der Waals surface area contributed by atoms with Crippen LogP contribution in [-0.2, 0) is 11.2 Å². The van der Waals surface area contributed by atoms with E-state index in [0.29, 0.717) is 6.42 Å². The lowest BCUT2D eigenvalue weighted by Gasteiger charge is -2.23. The Bertz CT molecular complexity index is 713. The van der Waals surface area contributed by atoms with Crippen LogP contribution < -0.4 is 5.48 Å². The minimum atomic E-state index is -0.293. The highest BCUT2D eigenvalue weighted by Gasteiger charge is 2.08. The molecule has 1 amide bonds. The van der Waals surface area contributed by atoms with Crippen molar-refractivity contribution in [2.45, 2.75) is 38.5 Å². The van der Waals surface area contributed by atoms with Crippen LogP contribution in [0, 0.1) is 0 Å². The summed E-state index contributed by atoms with van der Waals surface area (Å²) in [5.74, 6) is -0.293. The normalized spacial score (nSPS) is 11.5. The Labute approximate surface area is 169 Å². The third-order valence-electron chi connectivity index (χ3n) is 5.16. The highest BCUT2D eigenvalue weighted by molar-refractivity contribution is 5.85. The number of carbonyl (C=O) groups excluding carboxylic acids is 1. The minimum Gasteiger partial charge on any atom is -0.309 e. The first-order valence-corrected chi connectivity index (χ1v) is 10.4. The number of nitrogens with zero attached hydrogens (tertiary/aromatic N) is 2. The van der Waals surface area contributed by atoms with Gasteiger partial charge in [0, 0.05) is 13.0 Å². The van der Waals surface area contributed by atoms with Crippen molar-refractivity contribution in [1.29, 1.82) is 0 Å². The zero-order chi connectivity index (χ0) is 20.2. The van der Waals surface area contributed by atoms with Crippen LogP contribution in [0.5, 0.6) is 0 Å². The van der Waals surface area contributed by atoms with Gasteiger partial charge < -0.3 is 9.80 Å². The molecule has 0 saturated heterocycles. The monoisotopic (exact) mass is 385 g/mol. The summed E-state index contributed by atoms with van der Waals surface area (Å²) in [6, 6.07) is 15.2. The van der Waals surface area contributed by atoms with E-state index in [9.17, 15) is 4.79 Å². The van der Waals surface area contributed by atoms with Gasteiger partial charge in [0.25, 0.3) is 0 Å². The fraction of sp³-hybridized carbons (Fsp3) is 0.522. The molecule has 0 fully saturated rings. The molecule has 0 aromatic heterocycles. The Balaban J connectivity index is 1.86. The summed E-state index contributed by atoms with van der Waals surface area (Å²) < 4.78 is 0. The zero-order valence-electron chi connectivity index (χ0n) is 17.4. The fourth-order valence-corrected chi connectivity index (χ4v) is 3.59. The fourth-order valence-electron chi connectivity index (χ4n) is 3.59. The first-order valence-electron chi connectivity index (χ1n) is 10.4. The number of fused-ring (bicyclic) bond motifs is 1. The van der Waals surface area contributed by atoms with Crippen LogP contribution in [-0.4, -0.2) is 61.2 Å². The maximum atomic E-state index is 11.1. The van der Waals surface area contributed by atoms with Gasteiger partial charge in [-0.25, -0.2) is 5.48 Å². The van der Waals surface area contributed by atoms with Gasteiger partial charge in [-0.1, -0.05) is 48.9 Å². The van der Waals surface area contributed by atoms with Crippen LogP contribution in [0.15, 0.2) is 42.5 Å². The molecule has 2 N–H and O–H groups in total. The zero-order valence-corrected chi connectivity index (χ0v) is 17.4. The second-order valence-electron chi connectivity index (χ2n) is 7.73. The molecule has 0 heterocycles. The summed E-state index contributed by atoms with van der Waals surface area (Å²) >= 11 is 0. The molecule has 2 aromatic carbocycles. The molecule has 0 aliphatic heterocycles. The summed E-state index contributed by atoms with van der Waals surface area (Å²) in [7, 11) is 4.24. The molecule has 0 aliphatic rings. The van der Waals surface area contributed by atoms with Gasteiger partial charge >= 0.3 is 0 Å². The molecule has 0 radical (unpaired) electrons. The van der Waals surface area contributed by atoms with E-state index in [1.807, 2.05) is 0 Å². The highest BCUT2D eigenvalue weighted by atomic mass is 16.5. The van der Waals surface area contributed by atoms with E-state index < -0.39 is 0 Å². The summed E-state index contributed by atoms with van der Waals surface area (Å²) in [5, 5.41) is 11.2. The van der Waals surface area contributed by atoms with Crippen molar-refractivity contribution < 1.29 is 10.0 Å². The highest BCUT2D eigenvalue weighted by Crippen LogP contribution is 2.19. The lowest BCUT2D eigenvalue weighted by molar-refractivity contribution is -0.129. The van der Waals surface area contributed by atoms with Crippen LogP contribution in [0.3, 0.4) is 0 Å². The van der Waals surface area contributed by atoms with Crippen LogP contribution in [0.1, 0.15) is 37.7 Å². The van der Waals surface area contributed by atoms with Crippen molar-refractivity contribution in [2.24, 2.45) is 0 Å². The smallest absolute Gasteiger partial charge is 0.243 e. The first-order chi connectivity index (χ1) is 13.6. The SMILES string of the molecule is CN(C)CCCN(CCCCCC(=O)NO)CCc1cccc2ccccc12. The van der Waals surface area contributed by atoms with Crippen LogP contribution in [0.25, 0.3) is 10.8 Å². The van der Waals surface area contributed by atoms with Crippen LogP contribution in [0.4, 0.5) is 0 Å². The number of amides is 1. The average molecular weight is 386 g/mol. The van der Waals surface area contributed by atoms with E-state index >= 15 is 0 Å². The molecular weight excluding hydrogens is 350 g/mol. The Kier molecular flexibility index (Phi) is 9.97. The molecule has 2 aromatic rings. The molecule has 0 saturated carbocycles. The van der Waals surface area contributed by atoms with Crippen molar-refractivity contribution in [1.82, 2.24) is 15.3 Å². The largest absolute Gasteiger partial charge is 0.309 e. The number of hydroxylamine groups is 1. The molecular formula is C23H35N3O2. The molecule has 5 nitrogen and oxygen atoms in total. The average Bonchev–Trinajstić information content (AvgIpc) is 2.70. The van der Waals surface area contributed by atoms with Gasteiger partial charge in [0.15, 0.2) is 0 Å². The van der Waals surface area contributed by atoms with Gasteiger partial charge in [-0.2, -0.15) is 0 Å². The van der Waals surface area contributed by atoms with Crippen molar-refractivity contribution in [3.05, 3.63) is 48.0 Å². The standard InChI is InChI=1S/C23H35N3O2/c1-25(2)16-9-18-26(17-7-3-4-14-23(27)24-28)19-15-21-12-8-11-20-10-5-6-13-22(20)21/h5-6,8,10-13,28H,3-4,7,9,14-19H2,1-2H3,(H,24,27). The predicted molar refractivity (Wildman–Crippen MR) is 116 cm³/mol. The maximum absolute atomic E-state index is 11.1. The second-order valence-corrected chi connectivity index (χ2v) is 7.73. The lowest BCUT2D eigenvalue weighted by atomic mass is 10.0. The van der Waals surface area contributed by atoms with Crippen molar-refractivity contribution in [3.8, 4) is 0 Å². The third kappa shape index (κ3) is 7.97. The second kappa shape index (κ2) is 12.5. The Morgan fingerprint density at radius 2 is 1.64 bits per heavy atom. The Hall–Kier alpha value is -1.95. The van der Waals surface area contributed by atoms with Crippen molar-refractivity contribution in [3.63, 3.8) is 0 Å². The molecule has 0 atom stereocenters. The molecule has 5 heteroatoms. The number of nitrogens with one attached hydrogen (secondary N) is 1. The Morgan fingerprint density at radius 3 is 2.43 bits per heavy atom. The number of carbonyl (C=O) groups is 1. The molecule has 154 valence electrons. The lowest BCUT2D eigenvalue weighted by Crippen LogP contribution is -2.30. The van der Waals surface area contributed by atoms with Crippen molar-refractivity contribution >= 4 is 16.7 Å². The minimum absolute atomic E-state index is 0.293. The van der Waals surface area contributed by atoms with Crippen molar-refractivity contribution in [2.75, 3.05) is 40.3 Å². The number of rotatable bonds is 13. The summed E-state index contributed by atoms with van der Waals surface area (Å²) in [5.41, 5.74) is 3.11. The maximum Gasteiger partial charge on any atom is 0.243 e. The van der Waals surface area contributed by atoms with Gasteiger partial charge in [-0.15, -0.1) is 0 Å². The van der Waals surface area contributed by atoms with Gasteiger partial charge in [0.05, 0.1) is 0 Å². The summed E-state index contributed by atoms with van der Waals surface area (Å²) in [6.07, 6.45) is 5.52. The molecule has 0 bridgehead atoms. The molecule has 0 aliphatic carbocycles. The van der Waals surface area contributed by atoms with E-state index in [2.05, 4.69) is 66.4 Å². The third-order valence-corrected chi connectivity index (χ3v) is 5.16. The van der Waals surface area contributed by atoms with Gasteiger partial charge in [0.1, 0.15) is 0 Å². The molecule has 0 spiro atoms. The summed E-state index contributed by atoms with van der Waals surface area (Å²) in [6.45, 7) is 4.30. The summed E-state index contributed by atoms with van der Waals surface area (Å²) in [4.78, 5) is 15.9. The number of hydrogen-bond donors (Lipinski definition) is 2. The van der Waals surface area contributed by atoms with E-state index in [1.165, 1.54) is 16.3 Å². The first kappa shape index (κ1) is 22.3. The van der Waals surface area contributed by atoms with Crippen LogP contribution in [0.2, 0.25) is 0 Å². The molecule has 2 rings (SSSR count).